The third-order valence-electron chi connectivity index (χ3n) is 8.04. The average molecular weight is 793 g/mol. The van der Waals surface area contributed by atoms with Crippen molar-refractivity contribution in [2.24, 2.45) is 5.11 Å². The Morgan fingerprint density at radius 2 is 1.57 bits per heavy atom. The monoisotopic (exact) mass is 792 g/mol. The number of nitrogens with one attached hydrogen (secondary N) is 2. The van der Waals surface area contributed by atoms with E-state index in [4.69, 9.17) is 19.5 Å². The standard InChI is InChI=1S/C39H53N8O8P/c1-2-3-4-5-6-7-8-9-10-11-12-13-14-15-16-17-18-19-23-26-34(48)42-28-29-43-56(52,55-32-24-21-20-22-25-32)53-31-39(45-46-41)36(50)35(49)37(54-39)47-30-27-33(40)44-38(47)51/h3-4,6-7,9-10,12-13,15-16,18-22,24-25,27,30,35-37,49-50H,2,5,8,11,14,17,23,26,28-29,31H2,1H3,(H,42,48)(H,43,52)(H2,40,44,51)/b4-3-,7-6-,10-9-,13-12-,16-15-,19-18-/t35-,36+,37-,39-,56?/m1/s1. The predicted octanol–water partition coefficient (Wildman–Crippen LogP) is 6.47. The van der Waals surface area contributed by atoms with Crippen LogP contribution in [0.4, 0.5) is 5.82 Å². The molecule has 0 spiro atoms. The van der Waals surface area contributed by atoms with Gasteiger partial charge < -0.3 is 30.5 Å². The van der Waals surface area contributed by atoms with Crippen molar-refractivity contribution in [3.63, 3.8) is 0 Å². The Hall–Kier alpha value is -5.05. The lowest BCUT2D eigenvalue weighted by Crippen LogP contribution is -2.45. The number of allylic oxidation sites excluding steroid dienone is 12. The van der Waals surface area contributed by atoms with Crippen molar-refractivity contribution in [3.05, 3.63) is 136 Å². The zero-order valence-corrected chi connectivity index (χ0v) is 32.5. The molecule has 3 rings (SSSR count). The Balaban J connectivity index is 1.42. The number of anilines is 1. The molecule has 0 saturated carbocycles. The summed E-state index contributed by atoms with van der Waals surface area (Å²) in [7, 11) is -4.31. The highest BCUT2D eigenvalue weighted by molar-refractivity contribution is 7.52. The predicted molar refractivity (Wildman–Crippen MR) is 216 cm³/mol. The molecule has 1 unspecified atom stereocenters. The van der Waals surface area contributed by atoms with Gasteiger partial charge in [0.15, 0.2) is 6.23 Å². The minimum absolute atomic E-state index is 0.0581. The van der Waals surface area contributed by atoms with Gasteiger partial charge in [0, 0.05) is 30.6 Å². The van der Waals surface area contributed by atoms with E-state index in [1.54, 1.807) is 18.2 Å². The Morgan fingerprint density at radius 1 is 0.982 bits per heavy atom. The minimum Gasteiger partial charge on any atom is -0.413 e. The van der Waals surface area contributed by atoms with Crippen LogP contribution in [0.1, 0.15) is 64.5 Å². The number of hydrogen-bond acceptors (Lipinski definition) is 11. The largest absolute Gasteiger partial charge is 0.458 e. The van der Waals surface area contributed by atoms with Gasteiger partial charge >= 0.3 is 13.4 Å². The fourth-order valence-corrected chi connectivity index (χ4v) is 6.51. The highest BCUT2D eigenvalue weighted by Gasteiger charge is 2.56. The molecule has 0 bridgehead atoms. The summed E-state index contributed by atoms with van der Waals surface area (Å²) in [6.07, 6.45) is 27.6. The van der Waals surface area contributed by atoms with Crippen molar-refractivity contribution in [1.82, 2.24) is 20.0 Å². The zero-order valence-electron chi connectivity index (χ0n) is 31.6. The molecule has 2 aromatic rings. The van der Waals surface area contributed by atoms with Crippen LogP contribution in [0.15, 0.2) is 125 Å². The van der Waals surface area contributed by atoms with Crippen LogP contribution < -0.4 is 26.4 Å². The number of aromatic nitrogens is 2. The van der Waals surface area contributed by atoms with E-state index in [0.717, 1.165) is 43.1 Å². The number of aliphatic hydroxyl groups is 2. The summed E-state index contributed by atoms with van der Waals surface area (Å²) in [4.78, 5) is 31.1. The molecule has 0 aliphatic carbocycles. The molecule has 6 N–H and O–H groups in total. The molecule has 1 amide bonds. The van der Waals surface area contributed by atoms with Crippen LogP contribution in [0, 0.1) is 0 Å². The van der Waals surface area contributed by atoms with Gasteiger partial charge in [-0.05, 0) is 68.7 Å². The van der Waals surface area contributed by atoms with E-state index in [2.05, 4.69) is 93.1 Å². The Morgan fingerprint density at radius 3 is 2.14 bits per heavy atom. The molecule has 2 heterocycles. The number of benzene rings is 1. The van der Waals surface area contributed by atoms with E-state index in [-0.39, 0.29) is 37.0 Å². The quantitative estimate of drug-likeness (QED) is 0.0182. The lowest BCUT2D eigenvalue weighted by Gasteiger charge is -2.29. The molecule has 1 aromatic carbocycles. The van der Waals surface area contributed by atoms with Crippen LogP contribution in [0.2, 0.25) is 0 Å². The summed E-state index contributed by atoms with van der Waals surface area (Å²) in [6, 6.07) is 9.32. The second kappa shape index (κ2) is 25.2. The maximum atomic E-state index is 13.9. The normalized spacial score (nSPS) is 21.2. The summed E-state index contributed by atoms with van der Waals surface area (Å²) in [5, 5.41) is 30.6. The molecule has 56 heavy (non-hydrogen) atoms. The molecule has 16 nitrogen and oxygen atoms in total. The van der Waals surface area contributed by atoms with Crippen molar-refractivity contribution in [1.29, 1.82) is 0 Å². The molecule has 1 saturated heterocycles. The summed E-state index contributed by atoms with van der Waals surface area (Å²) in [6.45, 7) is 1.25. The number of para-hydroxylation sites is 1. The minimum atomic E-state index is -4.31. The molecule has 5 atom stereocenters. The molecule has 1 aromatic heterocycles. The van der Waals surface area contributed by atoms with E-state index in [0.29, 0.717) is 6.42 Å². The number of nitrogens with two attached hydrogens (primary N) is 1. The molecule has 0 radical (unpaired) electrons. The van der Waals surface area contributed by atoms with Crippen LogP contribution in [0.3, 0.4) is 0 Å². The Bertz CT molecular complexity index is 1840. The van der Waals surface area contributed by atoms with E-state index in [1.165, 1.54) is 24.4 Å². The van der Waals surface area contributed by atoms with Crippen LogP contribution in [0.25, 0.3) is 10.4 Å². The first-order valence-electron chi connectivity index (χ1n) is 18.5. The third kappa shape index (κ3) is 16.0. The number of carbonyl (C=O) groups is 1. The first-order chi connectivity index (χ1) is 27.1. The second-order valence-corrected chi connectivity index (χ2v) is 14.2. The van der Waals surface area contributed by atoms with Gasteiger partial charge in [0.1, 0.15) is 23.8 Å². The summed E-state index contributed by atoms with van der Waals surface area (Å²) < 4.78 is 31.7. The zero-order chi connectivity index (χ0) is 40.5. The summed E-state index contributed by atoms with van der Waals surface area (Å²) >= 11 is 0. The second-order valence-electron chi connectivity index (χ2n) is 12.4. The van der Waals surface area contributed by atoms with Crippen molar-refractivity contribution < 1.29 is 33.4 Å². The van der Waals surface area contributed by atoms with Crippen LogP contribution in [0.5, 0.6) is 5.75 Å². The number of nitrogen functional groups attached to an aromatic ring is 1. The Kier molecular flexibility index (Phi) is 20.4. The fourth-order valence-electron chi connectivity index (χ4n) is 5.16. The number of hydrogen-bond donors (Lipinski definition) is 5. The molecule has 1 aliphatic rings. The van der Waals surface area contributed by atoms with Gasteiger partial charge in [0.2, 0.25) is 11.6 Å². The summed E-state index contributed by atoms with van der Waals surface area (Å²) in [5.41, 5.74) is 11.6. The molecular formula is C39H53N8O8P. The van der Waals surface area contributed by atoms with Crippen molar-refractivity contribution in [2.45, 2.75) is 82.5 Å². The van der Waals surface area contributed by atoms with Crippen LogP contribution in [-0.2, 0) is 18.6 Å². The van der Waals surface area contributed by atoms with E-state index in [9.17, 15) is 29.9 Å². The number of carbonyl (C=O) groups excluding carboxylic acids is 1. The number of azide groups is 1. The highest BCUT2D eigenvalue weighted by atomic mass is 31.2. The maximum Gasteiger partial charge on any atom is 0.458 e. The SMILES string of the molecule is CC/C=C\C/C=C\C/C=C\C/C=C\C/C=C\C/C=C\CCC(=O)NCCNP(=O)(OC[C@@]1(N=[N+]=[N-])O[C@@H](n2ccc(N)nc2=O)[C@H](O)[C@@H]1O)Oc1ccccc1. The van der Waals surface area contributed by atoms with Gasteiger partial charge in [0.25, 0.3) is 0 Å². The topological polar surface area (TPSA) is 236 Å². The van der Waals surface area contributed by atoms with Crippen molar-refractivity contribution >= 4 is 19.5 Å². The number of rotatable bonds is 25. The number of amides is 1. The molecule has 1 aliphatic heterocycles. The highest BCUT2D eigenvalue weighted by Crippen LogP contribution is 2.47. The van der Waals surface area contributed by atoms with Gasteiger partial charge in [-0.25, -0.2) is 14.4 Å². The molecule has 1 fully saturated rings. The molecule has 17 heteroatoms. The summed E-state index contributed by atoms with van der Waals surface area (Å²) in [5.74, 6) is -0.148. The first-order valence-corrected chi connectivity index (χ1v) is 20.0. The van der Waals surface area contributed by atoms with Crippen molar-refractivity contribution in [3.8, 4) is 5.75 Å². The van der Waals surface area contributed by atoms with Gasteiger partial charge in [-0.15, -0.1) is 0 Å². The third-order valence-corrected chi connectivity index (χ3v) is 9.57. The number of nitrogens with zero attached hydrogens (tertiary/aromatic N) is 5. The fraction of sp³-hybridized carbons (Fsp3) is 0.410. The molecule has 302 valence electrons. The lowest BCUT2D eigenvalue weighted by molar-refractivity contribution is -0.121. The van der Waals surface area contributed by atoms with E-state index >= 15 is 0 Å². The lowest BCUT2D eigenvalue weighted by atomic mass is 10.1. The van der Waals surface area contributed by atoms with E-state index < -0.39 is 44.2 Å². The van der Waals surface area contributed by atoms with Gasteiger partial charge in [-0.3, -0.25) is 13.9 Å². The van der Waals surface area contributed by atoms with Gasteiger partial charge in [0.05, 0.1) is 6.61 Å². The van der Waals surface area contributed by atoms with Gasteiger partial charge in [-0.1, -0.05) is 103 Å². The number of ether oxygens (including phenoxy) is 1. The smallest absolute Gasteiger partial charge is 0.413 e. The van der Waals surface area contributed by atoms with Crippen LogP contribution in [-0.4, -0.2) is 63.3 Å². The van der Waals surface area contributed by atoms with Gasteiger partial charge in [-0.2, -0.15) is 4.98 Å². The van der Waals surface area contributed by atoms with Crippen LogP contribution >= 0.6 is 7.75 Å². The molecular weight excluding hydrogens is 739 g/mol. The number of aliphatic hydroxyl groups excluding tert-OH is 2. The van der Waals surface area contributed by atoms with E-state index in [1.807, 2.05) is 12.2 Å². The average Bonchev–Trinajstić information content (AvgIpc) is 3.42. The maximum absolute atomic E-state index is 13.9. The Labute approximate surface area is 327 Å². The first kappa shape index (κ1) is 45.3. The van der Waals surface area contributed by atoms with Crippen molar-refractivity contribution in [2.75, 3.05) is 25.4 Å².